The molecule has 1 aliphatic heterocycles. The standard InChI is InChI=1S/C14H20N4O2/c1-2-15-12(11-4-8-20-10-11)9-17-6-7-18-13(14(17)19)3-5-16-18/h3,5-7,11-12,15H,2,4,8-10H2,1H3. The summed E-state index contributed by atoms with van der Waals surface area (Å²) in [5.74, 6) is 0.475. The third-order valence-electron chi connectivity index (χ3n) is 3.93. The van der Waals surface area contributed by atoms with E-state index in [-0.39, 0.29) is 11.6 Å². The number of rotatable bonds is 5. The van der Waals surface area contributed by atoms with Gasteiger partial charge < -0.3 is 14.6 Å². The van der Waals surface area contributed by atoms with E-state index in [1.54, 1.807) is 21.3 Å². The first-order chi connectivity index (χ1) is 9.79. The molecular formula is C14H20N4O2. The van der Waals surface area contributed by atoms with Crippen LogP contribution in [0.25, 0.3) is 5.52 Å². The van der Waals surface area contributed by atoms with Gasteiger partial charge in [-0.3, -0.25) is 4.79 Å². The van der Waals surface area contributed by atoms with Gasteiger partial charge in [0.15, 0.2) is 0 Å². The quantitative estimate of drug-likeness (QED) is 0.864. The van der Waals surface area contributed by atoms with E-state index >= 15 is 0 Å². The molecule has 2 unspecified atom stereocenters. The third kappa shape index (κ3) is 2.48. The van der Waals surface area contributed by atoms with E-state index in [2.05, 4.69) is 17.3 Å². The lowest BCUT2D eigenvalue weighted by Gasteiger charge is -2.24. The molecule has 0 radical (unpaired) electrons. The minimum atomic E-state index is 0.00631. The second kappa shape index (κ2) is 5.76. The second-order valence-corrected chi connectivity index (χ2v) is 5.20. The molecular weight excluding hydrogens is 256 g/mol. The van der Waals surface area contributed by atoms with Crippen LogP contribution in [0.3, 0.4) is 0 Å². The van der Waals surface area contributed by atoms with Crippen molar-refractivity contribution in [1.82, 2.24) is 19.5 Å². The Morgan fingerprint density at radius 3 is 3.20 bits per heavy atom. The van der Waals surface area contributed by atoms with E-state index in [0.717, 1.165) is 26.2 Å². The first-order valence-electron chi connectivity index (χ1n) is 7.13. The minimum Gasteiger partial charge on any atom is -0.381 e. The predicted octanol–water partition coefficient (Wildman–Crippen LogP) is 0.511. The fourth-order valence-electron chi connectivity index (χ4n) is 2.83. The molecule has 1 fully saturated rings. The van der Waals surface area contributed by atoms with Gasteiger partial charge in [0, 0.05) is 37.5 Å². The van der Waals surface area contributed by atoms with Crippen LogP contribution in [0.15, 0.2) is 29.5 Å². The first-order valence-corrected chi connectivity index (χ1v) is 7.13. The summed E-state index contributed by atoms with van der Waals surface area (Å²) in [6, 6.07) is 2.02. The Morgan fingerprint density at radius 2 is 2.45 bits per heavy atom. The number of hydrogen-bond acceptors (Lipinski definition) is 4. The maximum Gasteiger partial charge on any atom is 0.276 e. The molecule has 2 atom stereocenters. The summed E-state index contributed by atoms with van der Waals surface area (Å²) in [7, 11) is 0. The van der Waals surface area contributed by atoms with E-state index in [9.17, 15) is 4.79 Å². The maximum absolute atomic E-state index is 12.4. The van der Waals surface area contributed by atoms with Crippen molar-refractivity contribution < 1.29 is 4.74 Å². The van der Waals surface area contributed by atoms with Gasteiger partial charge in [-0.15, -0.1) is 0 Å². The lowest BCUT2D eigenvalue weighted by atomic mass is 9.99. The summed E-state index contributed by atoms with van der Waals surface area (Å²) in [6.45, 7) is 5.25. The Bertz CT molecular complexity index is 627. The number of fused-ring (bicyclic) bond motifs is 1. The van der Waals surface area contributed by atoms with Crippen molar-refractivity contribution in [2.75, 3.05) is 19.8 Å². The van der Waals surface area contributed by atoms with Crippen LogP contribution in [0, 0.1) is 5.92 Å². The van der Waals surface area contributed by atoms with Crippen molar-refractivity contribution in [2.24, 2.45) is 5.92 Å². The van der Waals surface area contributed by atoms with Crippen molar-refractivity contribution in [1.29, 1.82) is 0 Å². The smallest absolute Gasteiger partial charge is 0.276 e. The highest BCUT2D eigenvalue weighted by Gasteiger charge is 2.25. The molecule has 0 saturated carbocycles. The van der Waals surface area contributed by atoms with Gasteiger partial charge >= 0.3 is 0 Å². The van der Waals surface area contributed by atoms with Crippen molar-refractivity contribution in [3.63, 3.8) is 0 Å². The Balaban J connectivity index is 1.85. The first kappa shape index (κ1) is 13.3. The zero-order chi connectivity index (χ0) is 13.9. The highest BCUT2D eigenvalue weighted by Crippen LogP contribution is 2.17. The third-order valence-corrected chi connectivity index (χ3v) is 3.93. The second-order valence-electron chi connectivity index (χ2n) is 5.20. The van der Waals surface area contributed by atoms with Crippen molar-refractivity contribution in [3.8, 4) is 0 Å². The van der Waals surface area contributed by atoms with Crippen LogP contribution in [0.4, 0.5) is 0 Å². The molecule has 0 spiro atoms. The number of hydrogen-bond donors (Lipinski definition) is 1. The number of nitrogens with one attached hydrogen (secondary N) is 1. The average Bonchev–Trinajstić information content (AvgIpc) is 3.11. The molecule has 0 aromatic carbocycles. The van der Waals surface area contributed by atoms with Crippen LogP contribution in [0.1, 0.15) is 13.3 Å². The average molecular weight is 276 g/mol. The summed E-state index contributed by atoms with van der Waals surface area (Å²) in [6.07, 6.45) is 6.34. The summed E-state index contributed by atoms with van der Waals surface area (Å²) >= 11 is 0. The molecule has 1 N–H and O–H groups in total. The highest BCUT2D eigenvalue weighted by molar-refractivity contribution is 5.42. The zero-order valence-electron chi connectivity index (χ0n) is 11.7. The molecule has 2 aromatic heterocycles. The largest absolute Gasteiger partial charge is 0.381 e. The Morgan fingerprint density at radius 1 is 1.55 bits per heavy atom. The predicted molar refractivity (Wildman–Crippen MR) is 75.8 cm³/mol. The Kier molecular flexibility index (Phi) is 3.84. The van der Waals surface area contributed by atoms with Crippen LogP contribution >= 0.6 is 0 Å². The lowest BCUT2D eigenvalue weighted by molar-refractivity contribution is 0.173. The van der Waals surface area contributed by atoms with E-state index in [1.807, 2.05) is 12.4 Å². The summed E-state index contributed by atoms with van der Waals surface area (Å²) < 4.78 is 8.85. The number of nitrogens with zero attached hydrogens (tertiary/aromatic N) is 3. The van der Waals surface area contributed by atoms with E-state index < -0.39 is 0 Å². The fourth-order valence-corrected chi connectivity index (χ4v) is 2.83. The fraction of sp³-hybridized carbons (Fsp3) is 0.571. The van der Waals surface area contributed by atoms with Gasteiger partial charge in [-0.05, 0) is 19.0 Å². The van der Waals surface area contributed by atoms with Gasteiger partial charge in [-0.2, -0.15) is 5.10 Å². The molecule has 1 saturated heterocycles. The van der Waals surface area contributed by atoms with E-state index in [0.29, 0.717) is 18.0 Å². The van der Waals surface area contributed by atoms with Crippen LogP contribution < -0.4 is 10.9 Å². The minimum absolute atomic E-state index is 0.00631. The van der Waals surface area contributed by atoms with Gasteiger partial charge in [0.1, 0.15) is 5.52 Å². The van der Waals surface area contributed by atoms with Crippen LogP contribution in [0.2, 0.25) is 0 Å². The highest BCUT2D eigenvalue weighted by atomic mass is 16.5. The Hall–Kier alpha value is -1.66. The summed E-state index contributed by atoms with van der Waals surface area (Å²) in [5, 5.41) is 7.56. The van der Waals surface area contributed by atoms with Crippen LogP contribution in [0.5, 0.6) is 0 Å². The lowest BCUT2D eigenvalue weighted by Crippen LogP contribution is -2.42. The van der Waals surface area contributed by atoms with E-state index in [1.165, 1.54) is 0 Å². The molecule has 3 heterocycles. The van der Waals surface area contributed by atoms with Gasteiger partial charge in [0.05, 0.1) is 12.8 Å². The molecule has 108 valence electrons. The number of ether oxygens (including phenoxy) is 1. The molecule has 6 nitrogen and oxygen atoms in total. The van der Waals surface area contributed by atoms with Gasteiger partial charge in [-0.1, -0.05) is 6.92 Å². The van der Waals surface area contributed by atoms with Gasteiger partial charge in [0.25, 0.3) is 5.56 Å². The van der Waals surface area contributed by atoms with E-state index in [4.69, 9.17) is 4.74 Å². The molecule has 1 aliphatic rings. The van der Waals surface area contributed by atoms with Gasteiger partial charge in [-0.25, -0.2) is 4.52 Å². The zero-order valence-corrected chi connectivity index (χ0v) is 11.7. The molecule has 0 amide bonds. The van der Waals surface area contributed by atoms with Gasteiger partial charge in [0.2, 0.25) is 0 Å². The SMILES string of the molecule is CCNC(Cn1ccn2nccc2c1=O)C1CCOC1. The van der Waals surface area contributed by atoms with Crippen molar-refractivity contribution in [2.45, 2.75) is 25.9 Å². The summed E-state index contributed by atoms with van der Waals surface area (Å²) in [5.41, 5.74) is 0.622. The monoisotopic (exact) mass is 276 g/mol. The Labute approximate surface area is 117 Å². The molecule has 0 bridgehead atoms. The maximum atomic E-state index is 12.4. The molecule has 3 rings (SSSR count). The molecule has 6 heteroatoms. The van der Waals surface area contributed by atoms with Crippen LogP contribution in [-0.4, -0.2) is 40.0 Å². The topological polar surface area (TPSA) is 60.6 Å². The van der Waals surface area contributed by atoms with Crippen molar-refractivity contribution >= 4 is 5.52 Å². The van der Waals surface area contributed by atoms with Crippen molar-refractivity contribution in [3.05, 3.63) is 35.0 Å². The molecule has 0 aliphatic carbocycles. The number of aromatic nitrogens is 3. The summed E-state index contributed by atoms with van der Waals surface area (Å²) in [4.78, 5) is 12.4. The normalized spacial score (nSPS) is 20.6. The molecule has 20 heavy (non-hydrogen) atoms. The number of likely N-dealkylation sites (N-methyl/N-ethyl adjacent to an activating group) is 1. The molecule has 2 aromatic rings. The van der Waals surface area contributed by atoms with Crippen LogP contribution in [-0.2, 0) is 11.3 Å².